The molecule has 0 bridgehead atoms. The van der Waals surface area contributed by atoms with Crippen molar-refractivity contribution >= 4 is 28.8 Å². The van der Waals surface area contributed by atoms with Gasteiger partial charge in [-0.1, -0.05) is 11.6 Å². The summed E-state index contributed by atoms with van der Waals surface area (Å²) in [6.07, 6.45) is 2.36. The number of carbonyl (C=O) groups excluding carboxylic acids is 1. The Morgan fingerprint density at radius 3 is 2.64 bits per heavy atom. The molecule has 4 nitrogen and oxygen atoms in total. The summed E-state index contributed by atoms with van der Waals surface area (Å²) in [4.78, 5) is 12.6. The maximum atomic E-state index is 12.6. The van der Waals surface area contributed by atoms with Gasteiger partial charge in [-0.2, -0.15) is 5.26 Å². The molecule has 0 amide bonds. The Hall–Kier alpha value is -2.77. The molecule has 0 aromatic heterocycles. The Morgan fingerprint density at radius 1 is 1.32 bits per heavy atom. The van der Waals surface area contributed by atoms with Crippen molar-refractivity contribution in [2.45, 2.75) is 25.8 Å². The molecule has 3 N–H and O–H groups in total. The number of nitrogens with one attached hydrogen (secondary N) is 1. The van der Waals surface area contributed by atoms with Crippen LogP contribution in [0.15, 0.2) is 42.5 Å². The van der Waals surface area contributed by atoms with Crippen molar-refractivity contribution in [2.24, 2.45) is 0 Å². The fourth-order valence-electron chi connectivity index (χ4n) is 3.02. The lowest BCUT2D eigenvalue weighted by atomic mass is 9.85. The van der Waals surface area contributed by atoms with E-state index in [1.54, 1.807) is 36.4 Å². The molecule has 126 valence electrons. The van der Waals surface area contributed by atoms with Crippen molar-refractivity contribution in [2.75, 3.05) is 5.73 Å². The van der Waals surface area contributed by atoms with E-state index in [1.807, 2.05) is 12.1 Å². The Bertz CT molecular complexity index is 921. The number of halogens is 1. The molecule has 0 aliphatic carbocycles. The second-order valence-electron chi connectivity index (χ2n) is 6.83. The third-order valence-corrected chi connectivity index (χ3v) is 4.52. The summed E-state index contributed by atoms with van der Waals surface area (Å²) in [7, 11) is 0. The van der Waals surface area contributed by atoms with Crippen LogP contribution in [0.25, 0.3) is 5.70 Å². The fraction of sp³-hybridized carbons (Fsp3) is 0.200. The second kappa shape index (κ2) is 6.27. The van der Waals surface area contributed by atoms with Gasteiger partial charge >= 0.3 is 0 Å². The zero-order valence-electron chi connectivity index (χ0n) is 14.1. The molecular formula is C20H18ClN3O. The normalized spacial score (nSPS) is 16.6. The summed E-state index contributed by atoms with van der Waals surface area (Å²) in [5.74, 6) is -0.135. The van der Waals surface area contributed by atoms with Gasteiger partial charge in [-0.25, -0.2) is 0 Å². The zero-order chi connectivity index (χ0) is 18.2. The first-order valence-electron chi connectivity index (χ1n) is 7.92. The molecule has 1 aliphatic rings. The summed E-state index contributed by atoms with van der Waals surface area (Å²) in [6, 6.07) is 12.3. The molecule has 3 rings (SSSR count). The Balaban J connectivity index is 2.03. The molecule has 1 aliphatic heterocycles. The lowest BCUT2D eigenvalue weighted by molar-refractivity contribution is 0.104. The summed E-state index contributed by atoms with van der Waals surface area (Å²) in [5, 5.41) is 12.8. The number of nitrogens with zero attached hydrogens (tertiary/aromatic N) is 1. The molecule has 0 fully saturated rings. The standard InChI is InChI=1S/C20H18ClN3O/c1-20(2)10-14-7-16(21)17(23)8-15(14)18(24-20)9-19(25)13-5-3-12(11-22)4-6-13/h3-9,24H,10,23H2,1-2H3. The van der Waals surface area contributed by atoms with Crippen LogP contribution in [0, 0.1) is 11.3 Å². The van der Waals surface area contributed by atoms with E-state index in [1.165, 1.54) is 0 Å². The average Bonchev–Trinajstić information content (AvgIpc) is 2.56. The lowest BCUT2D eigenvalue weighted by Crippen LogP contribution is -2.43. The van der Waals surface area contributed by atoms with Crippen molar-refractivity contribution in [3.8, 4) is 6.07 Å². The SMILES string of the molecule is CC1(C)Cc2cc(Cl)c(N)cc2C(=CC(=O)c2ccc(C#N)cc2)N1. The molecule has 2 aromatic carbocycles. The molecular weight excluding hydrogens is 334 g/mol. The monoisotopic (exact) mass is 351 g/mol. The Labute approximate surface area is 151 Å². The summed E-state index contributed by atoms with van der Waals surface area (Å²) in [5.41, 5.74) is 9.95. The number of carbonyl (C=O) groups is 1. The average molecular weight is 352 g/mol. The van der Waals surface area contributed by atoms with Crippen LogP contribution in [0.1, 0.15) is 40.9 Å². The van der Waals surface area contributed by atoms with Gasteiger partial charge in [0.1, 0.15) is 0 Å². The summed E-state index contributed by atoms with van der Waals surface area (Å²) >= 11 is 6.16. The Kier molecular flexibility index (Phi) is 4.28. The highest BCUT2D eigenvalue weighted by Crippen LogP contribution is 2.34. The first kappa shape index (κ1) is 17.1. The fourth-order valence-corrected chi connectivity index (χ4v) is 3.20. The number of nitriles is 1. The minimum atomic E-state index is -0.205. The van der Waals surface area contributed by atoms with Crippen LogP contribution < -0.4 is 11.1 Å². The molecule has 0 unspecified atom stereocenters. The molecule has 0 atom stereocenters. The molecule has 5 heteroatoms. The first-order valence-corrected chi connectivity index (χ1v) is 8.29. The van der Waals surface area contributed by atoms with E-state index >= 15 is 0 Å². The van der Waals surface area contributed by atoms with Crippen molar-refractivity contribution in [1.82, 2.24) is 5.32 Å². The number of rotatable bonds is 2. The number of hydrogen-bond donors (Lipinski definition) is 2. The minimum Gasteiger partial charge on any atom is -0.398 e. The lowest BCUT2D eigenvalue weighted by Gasteiger charge is -2.36. The smallest absolute Gasteiger partial charge is 0.187 e. The van der Waals surface area contributed by atoms with E-state index in [0.717, 1.165) is 23.2 Å². The van der Waals surface area contributed by atoms with Crippen LogP contribution in [0.2, 0.25) is 5.02 Å². The van der Waals surface area contributed by atoms with Crippen LogP contribution in [0.4, 0.5) is 5.69 Å². The van der Waals surface area contributed by atoms with E-state index in [9.17, 15) is 4.79 Å². The molecule has 25 heavy (non-hydrogen) atoms. The summed E-state index contributed by atoms with van der Waals surface area (Å²) in [6.45, 7) is 4.14. The maximum absolute atomic E-state index is 12.6. The van der Waals surface area contributed by atoms with Gasteiger partial charge in [-0.3, -0.25) is 4.79 Å². The van der Waals surface area contributed by atoms with E-state index in [2.05, 4.69) is 19.2 Å². The summed E-state index contributed by atoms with van der Waals surface area (Å²) < 4.78 is 0. The maximum Gasteiger partial charge on any atom is 0.187 e. The van der Waals surface area contributed by atoms with Gasteiger partial charge in [-0.05, 0) is 62.2 Å². The van der Waals surface area contributed by atoms with Crippen molar-refractivity contribution in [1.29, 1.82) is 5.26 Å². The predicted octanol–water partition coefficient (Wildman–Crippen LogP) is 3.94. The van der Waals surface area contributed by atoms with Gasteiger partial charge < -0.3 is 11.1 Å². The number of fused-ring (bicyclic) bond motifs is 1. The third kappa shape index (κ3) is 3.52. The van der Waals surface area contributed by atoms with E-state index in [4.69, 9.17) is 22.6 Å². The number of ketones is 1. The van der Waals surface area contributed by atoms with E-state index in [0.29, 0.717) is 21.8 Å². The van der Waals surface area contributed by atoms with Gasteiger partial charge in [0, 0.05) is 28.4 Å². The largest absolute Gasteiger partial charge is 0.398 e. The zero-order valence-corrected chi connectivity index (χ0v) is 14.8. The molecule has 1 heterocycles. The molecule has 0 saturated heterocycles. The van der Waals surface area contributed by atoms with Gasteiger partial charge in [0.05, 0.1) is 22.3 Å². The highest BCUT2D eigenvalue weighted by molar-refractivity contribution is 6.33. The van der Waals surface area contributed by atoms with E-state index < -0.39 is 0 Å². The predicted molar refractivity (Wildman–Crippen MR) is 100 cm³/mol. The van der Waals surface area contributed by atoms with Crippen LogP contribution >= 0.6 is 11.6 Å². The van der Waals surface area contributed by atoms with Crippen molar-refractivity contribution in [3.05, 3.63) is 69.8 Å². The minimum absolute atomic E-state index is 0.135. The number of nitrogens with two attached hydrogens (primary N) is 1. The number of benzene rings is 2. The Morgan fingerprint density at radius 2 is 2.00 bits per heavy atom. The van der Waals surface area contributed by atoms with Gasteiger partial charge in [0.2, 0.25) is 0 Å². The van der Waals surface area contributed by atoms with Crippen molar-refractivity contribution in [3.63, 3.8) is 0 Å². The second-order valence-corrected chi connectivity index (χ2v) is 7.24. The van der Waals surface area contributed by atoms with Crippen molar-refractivity contribution < 1.29 is 4.79 Å². The van der Waals surface area contributed by atoms with Crippen LogP contribution in [0.5, 0.6) is 0 Å². The van der Waals surface area contributed by atoms with Crippen LogP contribution in [-0.4, -0.2) is 11.3 Å². The number of allylic oxidation sites excluding steroid dienone is 1. The van der Waals surface area contributed by atoms with Crippen LogP contribution in [0.3, 0.4) is 0 Å². The highest BCUT2D eigenvalue weighted by Gasteiger charge is 2.28. The number of anilines is 1. The van der Waals surface area contributed by atoms with E-state index in [-0.39, 0.29) is 11.3 Å². The quantitative estimate of drug-likeness (QED) is 0.488. The molecule has 0 spiro atoms. The molecule has 0 radical (unpaired) electrons. The molecule has 2 aromatic rings. The van der Waals surface area contributed by atoms with Gasteiger partial charge in [-0.15, -0.1) is 0 Å². The van der Waals surface area contributed by atoms with Gasteiger partial charge in [0.15, 0.2) is 5.78 Å². The van der Waals surface area contributed by atoms with Crippen LogP contribution in [-0.2, 0) is 6.42 Å². The topological polar surface area (TPSA) is 78.9 Å². The van der Waals surface area contributed by atoms with Gasteiger partial charge in [0.25, 0.3) is 0 Å². The highest BCUT2D eigenvalue weighted by atomic mass is 35.5. The number of nitrogen functional groups attached to an aromatic ring is 1. The number of hydrogen-bond acceptors (Lipinski definition) is 4. The molecule has 0 saturated carbocycles. The first-order chi connectivity index (χ1) is 11.8. The third-order valence-electron chi connectivity index (χ3n) is 4.19.